The maximum Gasteiger partial charge on any atom is 0.224 e. The molecule has 0 aliphatic heterocycles. The molecule has 1 N–H and O–H groups in total. The zero-order chi connectivity index (χ0) is 13.7. The molecule has 0 unspecified atom stereocenters. The van der Waals surface area contributed by atoms with Gasteiger partial charge in [-0.1, -0.05) is 6.07 Å². The minimum absolute atomic E-state index is 0.132. The van der Waals surface area contributed by atoms with Gasteiger partial charge in [0.1, 0.15) is 11.5 Å². The number of aliphatic hydroxyl groups excluding tert-OH is 1. The molecule has 19 heavy (non-hydrogen) atoms. The van der Waals surface area contributed by atoms with Crippen LogP contribution in [0.2, 0.25) is 0 Å². The standard InChI is InChI=1S/C14H14BrNO3/c1-2-18-12-4-3-5-13(7-12)19-14-10(9-17)6-11(15)8-16-14/h3-8,17H,2,9H2,1H3. The minimum Gasteiger partial charge on any atom is -0.494 e. The Balaban J connectivity index is 2.23. The minimum atomic E-state index is -0.132. The van der Waals surface area contributed by atoms with Gasteiger partial charge in [-0.3, -0.25) is 0 Å². The van der Waals surface area contributed by atoms with Gasteiger partial charge in [0.15, 0.2) is 0 Å². The summed E-state index contributed by atoms with van der Waals surface area (Å²) in [6.45, 7) is 2.39. The van der Waals surface area contributed by atoms with E-state index < -0.39 is 0 Å². The number of rotatable bonds is 5. The van der Waals surface area contributed by atoms with Gasteiger partial charge in [0.2, 0.25) is 5.88 Å². The van der Waals surface area contributed by atoms with Crippen molar-refractivity contribution in [1.82, 2.24) is 4.98 Å². The van der Waals surface area contributed by atoms with Crippen molar-refractivity contribution < 1.29 is 14.6 Å². The molecule has 0 amide bonds. The number of halogens is 1. The molecule has 1 heterocycles. The molecule has 0 aliphatic rings. The van der Waals surface area contributed by atoms with Crippen LogP contribution in [-0.4, -0.2) is 16.7 Å². The van der Waals surface area contributed by atoms with E-state index in [1.807, 2.05) is 25.1 Å². The first-order valence-corrected chi connectivity index (χ1v) is 6.68. The number of aliphatic hydroxyl groups is 1. The lowest BCUT2D eigenvalue weighted by molar-refractivity contribution is 0.274. The highest BCUT2D eigenvalue weighted by molar-refractivity contribution is 9.10. The monoisotopic (exact) mass is 323 g/mol. The van der Waals surface area contributed by atoms with Crippen molar-refractivity contribution in [2.75, 3.05) is 6.61 Å². The smallest absolute Gasteiger partial charge is 0.224 e. The van der Waals surface area contributed by atoms with E-state index in [9.17, 15) is 5.11 Å². The lowest BCUT2D eigenvalue weighted by atomic mass is 10.3. The highest BCUT2D eigenvalue weighted by Gasteiger charge is 2.07. The van der Waals surface area contributed by atoms with Gasteiger partial charge in [0.25, 0.3) is 0 Å². The van der Waals surface area contributed by atoms with Crippen molar-refractivity contribution >= 4 is 15.9 Å². The molecule has 0 saturated heterocycles. The molecule has 1 aromatic carbocycles. The van der Waals surface area contributed by atoms with Gasteiger partial charge in [-0.05, 0) is 41.1 Å². The molecule has 0 saturated carbocycles. The van der Waals surface area contributed by atoms with Crippen molar-refractivity contribution in [3.8, 4) is 17.4 Å². The number of hydrogen-bond donors (Lipinski definition) is 1. The van der Waals surface area contributed by atoms with Crippen molar-refractivity contribution in [3.63, 3.8) is 0 Å². The van der Waals surface area contributed by atoms with Crippen LogP contribution in [0.15, 0.2) is 41.0 Å². The Morgan fingerprint density at radius 1 is 1.26 bits per heavy atom. The summed E-state index contributed by atoms with van der Waals surface area (Å²) < 4.78 is 11.9. The summed E-state index contributed by atoms with van der Waals surface area (Å²) in [5, 5.41) is 9.29. The van der Waals surface area contributed by atoms with Gasteiger partial charge in [-0.25, -0.2) is 4.98 Å². The topological polar surface area (TPSA) is 51.6 Å². The number of nitrogens with zero attached hydrogens (tertiary/aromatic N) is 1. The largest absolute Gasteiger partial charge is 0.494 e. The molecule has 2 aromatic rings. The molecule has 0 atom stereocenters. The van der Waals surface area contributed by atoms with Gasteiger partial charge in [-0.2, -0.15) is 0 Å². The first-order valence-electron chi connectivity index (χ1n) is 5.89. The molecule has 5 heteroatoms. The van der Waals surface area contributed by atoms with E-state index in [2.05, 4.69) is 20.9 Å². The van der Waals surface area contributed by atoms with Gasteiger partial charge < -0.3 is 14.6 Å². The van der Waals surface area contributed by atoms with Crippen molar-refractivity contribution in [3.05, 3.63) is 46.6 Å². The zero-order valence-corrected chi connectivity index (χ0v) is 12.1. The Hall–Kier alpha value is -1.59. The van der Waals surface area contributed by atoms with Crippen LogP contribution in [0.4, 0.5) is 0 Å². The van der Waals surface area contributed by atoms with Crippen molar-refractivity contribution in [2.24, 2.45) is 0 Å². The molecule has 4 nitrogen and oxygen atoms in total. The average molecular weight is 324 g/mol. The van der Waals surface area contributed by atoms with Gasteiger partial charge in [-0.15, -0.1) is 0 Å². The summed E-state index contributed by atoms with van der Waals surface area (Å²) in [5.41, 5.74) is 0.621. The second-order valence-corrected chi connectivity index (χ2v) is 4.70. The van der Waals surface area contributed by atoms with E-state index >= 15 is 0 Å². The van der Waals surface area contributed by atoms with E-state index in [-0.39, 0.29) is 6.61 Å². The molecule has 2 rings (SSSR count). The van der Waals surface area contributed by atoms with Crippen molar-refractivity contribution in [1.29, 1.82) is 0 Å². The maximum atomic E-state index is 9.29. The van der Waals surface area contributed by atoms with E-state index in [1.54, 1.807) is 18.3 Å². The summed E-state index contributed by atoms with van der Waals surface area (Å²) in [6, 6.07) is 9.08. The fourth-order valence-corrected chi connectivity index (χ4v) is 1.96. The van der Waals surface area contributed by atoms with E-state index in [1.165, 1.54) is 0 Å². The van der Waals surface area contributed by atoms with Crippen LogP contribution >= 0.6 is 15.9 Å². The lowest BCUT2D eigenvalue weighted by Gasteiger charge is -2.10. The van der Waals surface area contributed by atoms with Crippen LogP contribution in [0.1, 0.15) is 12.5 Å². The Bertz CT molecular complexity index is 560. The lowest BCUT2D eigenvalue weighted by Crippen LogP contribution is -1.96. The van der Waals surface area contributed by atoms with Gasteiger partial charge in [0, 0.05) is 22.3 Å². The predicted molar refractivity (Wildman–Crippen MR) is 75.5 cm³/mol. The molecule has 1 aromatic heterocycles. The molecular weight excluding hydrogens is 310 g/mol. The van der Waals surface area contributed by atoms with E-state index in [0.29, 0.717) is 23.8 Å². The molecule has 0 aliphatic carbocycles. The Kier molecular flexibility index (Phi) is 4.76. The van der Waals surface area contributed by atoms with Crippen LogP contribution in [-0.2, 0) is 6.61 Å². The Morgan fingerprint density at radius 3 is 2.79 bits per heavy atom. The number of hydrogen-bond acceptors (Lipinski definition) is 4. The third kappa shape index (κ3) is 3.68. The maximum absolute atomic E-state index is 9.29. The Labute approximate surface area is 120 Å². The molecular formula is C14H14BrNO3. The highest BCUT2D eigenvalue weighted by atomic mass is 79.9. The molecule has 0 fully saturated rings. The first-order chi connectivity index (χ1) is 9.22. The normalized spacial score (nSPS) is 10.3. The SMILES string of the molecule is CCOc1cccc(Oc2ncc(Br)cc2CO)c1. The Morgan fingerprint density at radius 2 is 2.05 bits per heavy atom. The predicted octanol–water partition coefficient (Wildman–Crippen LogP) is 3.53. The average Bonchev–Trinajstić information content (AvgIpc) is 2.41. The summed E-state index contributed by atoms with van der Waals surface area (Å²) >= 11 is 3.31. The number of benzene rings is 1. The molecule has 0 radical (unpaired) electrons. The van der Waals surface area contributed by atoms with Gasteiger partial charge in [0.05, 0.1) is 13.2 Å². The van der Waals surface area contributed by atoms with Crippen molar-refractivity contribution in [2.45, 2.75) is 13.5 Å². The van der Waals surface area contributed by atoms with Crippen LogP contribution < -0.4 is 9.47 Å². The number of ether oxygens (including phenoxy) is 2. The van der Waals surface area contributed by atoms with E-state index in [0.717, 1.165) is 10.2 Å². The zero-order valence-electron chi connectivity index (χ0n) is 10.5. The molecule has 100 valence electrons. The summed E-state index contributed by atoms with van der Waals surface area (Å²) in [6.07, 6.45) is 1.63. The second kappa shape index (κ2) is 6.54. The van der Waals surface area contributed by atoms with Crippen LogP contribution in [0, 0.1) is 0 Å². The molecule has 0 spiro atoms. The fraction of sp³-hybridized carbons (Fsp3) is 0.214. The second-order valence-electron chi connectivity index (χ2n) is 3.79. The number of pyridine rings is 1. The van der Waals surface area contributed by atoms with Gasteiger partial charge >= 0.3 is 0 Å². The van der Waals surface area contributed by atoms with E-state index in [4.69, 9.17) is 9.47 Å². The summed E-state index contributed by atoms with van der Waals surface area (Å²) in [4.78, 5) is 4.15. The van der Waals surface area contributed by atoms with Crippen LogP contribution in [0.5, 0.6) is 17.4 Å². The highest BCUT2D eigenvalue weighted by Crippen LogP contribution is 2.27. The molecule has 0 bridgehead atoms. The first kappa shape index (κ1) is 13.8. The summed E-state index contributed by atoms with van der Waals surface area (Å²) in [7, 11) is 0. The third-order valence-electron chi connectivity index (χ3n) is 2.39. The fourth-order valence-electron chi connectivity index (χ4n) is 1.58. The quantitative estimate of drug-likeness (QED) is 0.914. The number of aromatic nitrogens is 1. The third-order valence-corrected chi connectivity index (χ3v) is 2.83. The van der Waals surface area contributed by atoms with Crippen LogP contribution in [0.25, 0.3) is 0 Å². The summed E-state index contributed by atoms with van der Waals surface area (Å²) in [5.74, 6) is 1.75. The van der Waals surface area contributed by atoms with Crippen LogP contribution in [0.3, 0.4) is 0 Å².